The molecule has 1 aliphatic heterocycles. The van der Waals surface area contributed by atoms with Crippen LogP contribution in [0.15, 0.2) is 0 Å². The van der Waals surface area contributed by atoms with Gasteiger partial charge >= 0.3 is 0 Å². The highest BCUT2D eigenvalue weighted by molar-refractivity contribution is 5.85. The van der Waals surface area contributed by atoms with Gasteiger partial charge in [-0.05, 0) is 23.7 Å². The summed E-state index contributed by atoms with van der Waals surface area (Å²) in [5.41, 5.74) is 5.67. The minimum atomic E-state index is -1.16. The van der Waals surface area contributed by atoms with E-state index in [1.54, 1.807) is 0 Å². The number of hydrogen-bond donors (Lipinski definition) is 6. The fraction of sp³-hybridized carbons (Fsp3) is 0.850. The van der Waals surface area contributed by atoms with Gasteiger partial charge in [0.05, 0.1) is 12.2 Å². The molecule has 30 heavy (non-hydrogen) atoms. The molecule has 0 bridgehead atoms. The number of hydrazine groups is 2. The molecule has 2 unspecified atom stereocenters. The fourth-order valence-corrected chi connectivity index (χ4v) is 3.71. The first-order valence-corrected chi connectivity index (χ1v) is 10.3. The fourth-order valence-electron chi connectivity index (χ4n) is 3.71. The maximum atomic E-state index is 12.8. The largest absolute Gasteiger partial charge is 0.390 e. The number of amides is 3. The number of nitrogens with one attached hydrogen (secondary N) is 3. The average Bonchev–Trinajstić information content (AvgIpc) is 2.62. The summed E-state index contributed by atoms with van der Waals surface area (Å²) in [6.45, 7) is 11.1. The Morgan fingerprint density at radius 2 is 1.40 bits per heavy atom. The van der Waals surface area contributed by atoms with Crippen LogP contribution >= 0.6 is 0 Å². The smallest absolute Gasteiger partial charge is 0.267 e. The van der Waals surface area contributed by atoms with E-state index in [1.807, 2.05) is 47.0 Å². The van der Waals surface area contributed by atoms with Gasteiger partial charge in [-0.2, -0.15) is 0 Å². The van der Waals surface area contributed by atoms with Crippen LogP contribution in [0.3, 0.4) is 0 Å². The van der Waals surface area contributed by atoms with Gasteiger partial charge in [-0.25, -0.2) is 5.84 Å². The zero-order valence-corrected chi connectivity index (χ0v) is 18.8. The predicted molar refractivity (Wildman–Crippen MR) is 110 cm³/mol. The van der Waals surface area contributed by atoms with Gasteiger partial charge in [0, 0.05) is 18.8 Å². The van der Waals surface area contributed by atoms with Crippen LogP contribution < -0.4 is 22.1 Å². The number of carbonyl (C=O) groups excluding carboxylic acids is 3. The summed E-state index contributed by atoms with van der Waals surface area (Å²) < 4.78 is 5.97. The molecule has 0 aromatic carbocycles. The summed E-state index contributed by atoms with van der Waals surface area (Å²) in [5.74, 6) is 3.00. The van der Waals surface area contributed by atoms with Crippen molar-refractivity contribution in [3.8, 4) is 0 Å². The topological polar surface area (TPSA) is 163 Å². The van der Waals surface area contributed by atoms with E-state index in [0.717, 1.165) is 0 Å². The van der Waals surface area contributed by atoms with Crippen LogP contribution in [-0.4, -0.2) is 52.4 Å². The molecular formula is C20H38N4O6. The number of hydrogen-bond acceptors (Lipinski definition) is 7. The summed E-state index contributed by atoms with van der Waals surface area (Å²) >= 11 is 0. The lowest BCUT2D eigenvalue weighted by Crippen LogP contribution is -2.65. The van der Waals surface area contributed by atoms with Gasteiger partial charge in [0.2, 0.25) is 11.8 Å². The van der Waals surface area contributed by atoms with E-state index < -0.39 is 53.0 Å². The lowest BCUT2D eigenvalue weighted by atomic mass is 9.68. The van der Waals surface area contributed by atoms with E-state index in [-0.39, 0.29) is 18.7 Å². The van der Waals surface area contributed by atoms with Crippen molar-refractivity contribution in [1.29, 1.82) is 0 Å². The Labute approximate surface area is 178 Å². The van der Waals surface area contributed by atoms with E-state index in [2.05, 4.69) is 10.9 Å². The van der Waals surface area contributed by atoms with Crippen LogP contribution in [0.2, 0.25) is 0 Å². The normalized spacial score (nSPS) is 27.3. The quantitative estimate of drug-likeness (QED) is 0.148. The molecule has 0 saturated carbocycles. The van der Waals surface area contributed by atoms with Crippen molar-refractivity contribution in [3.05, 3.63) is 0 Å². The van der Waals surface area contributed by atoms with Gasteiger partial charge in [-0.15, -0.1) is 0 Å². The molecule has 0 aliphatic carbocycles. The lowest BCUT2D eigenvalue weighted by molar-refractivity contribution is -0.240. The summed E-state index contributed by atoms with van der Waals surface area (Å²) in [6, 6.07) is 0. The molecule has 0 radical (unpaired) electrons. The average molecular weight is 431 g/mol. The van der Waals surface area contributed by atoms with Crippen LogP contribution in [0.5, 0.6) is 0 Å². The van der Waals surface area contributed by atoms with Crippen molar-refractivity contribution in [2.24, 2.45) is 22.6 Å². The van der Waals surface area contributed by atoms with Gasteiger partial charge in [0.25, 0.3) is 5.91 Å². The van der Waals surface area contributed by atoms with Gasteiger partial charge in [0.15, 0.2) is 0 Å². The van der Waals surface area contributed by atoms with Crippen molar-refractivity contribution in [1.82, 2.24) is 16.3 Å². The Bertz CT molecular complexity index is 613. The number of rotatable bonds is 6. The van der Waals surface area contributed by atoms with Gasteiger partial charge < -0.3 is 14.9 Å². The first-order valence-electron chi connectivity index (χ1n) is 10.3. The Hall–Kier alpha value is -1.75. The molecule has 0 spiro atoms. The molecule has 1 rings (SSSR count). The predicted octanol–water partition coefficient (Wildman–Crippen LogP) is -0.118. The van der Waals surface area contributed by atoms with E-state index in [1.165, 1.54) is 0 Å². The van der Waals surface area contributed by atoms with E-state index in [4.69, 9.17) is 10.6 Å². The van der Waals surface area contributed by atoms with Crippen molar-refractivity contribution < 1.29 is 29.3 Å². The van der Waals surface area contributed by atoms with Crippen LogP contribution in [0.25, 0.3) is 0 Å². The number of aliphatic hydroxyl groups excluding tert-OH is 2. The molecule has 10 nitrogen and oxygen atoms in total. The Morgan fingerprint density at radius 1 is 0.867 bits per heavy atom. The van der Waals surface area contributed by atoms with E-state index in [9.17, 15) is 24.6 Å². The van der Waals surface area contributed by atoms with Crippen LogP contribution in [0.1, 0.15) is 67.2 Å². The van der Waals surface area contributed by atoms with Crippen LogP contribution in [-0.2, 0) is 19.1 Å². The molecule has 5 atom stereocenters. The molecule has 1 saturated heterocycles. The molecule has 174 valence electrons. The molecule has 0 aromatic rings. The summed E-state index contributed by atoms with van der Waals surface area (Å²) in [4.78, 5) is 35.9. The molecule has 10 heteroatoms. The second-order valence-corrected chi connectivity index (χ2v) is 10.0. The SMILES string of the molecule is CC(C)(C)[C@@H]1OC(C(=O)NNC(=O)CCCCC(=O)NN)[C@@H](C(C)(C)C)[C@@H](O)C1O. The Balaban J connectivity index is 2.75. The first-order chi connectivity index (χ1) is 13.7. The Morgan fingerprint density at radius 3 is 1.87 bits per heavy atom. The number of unbranched alkanes of at least 4 members (excludes halogenated alkanes) is 1. The van der Waals surface area contributed by atoms with Crippen LogP contribution in [0, 0.1) is 16.7 Å². The standard InChI is InChI=1S/C20H38N4O6/c1-19(2,3)13-14(27)15(28)17(20(4,5)6)30-16(13)18(29)24-23-12(26)10-8-7-9-11(25)22-21/h13-17,27-28H,7-10,21H2,1-6H3,(H,22,25)(H,23,26)(H,24,29)/t13-,14+,15?,16?,17+/m0/s1. The zero-order chi connectivity index (χ0) is 23.3. The summed E-state index contributed by atoms with van der Waals surface area (Å²) in [5, 5.41) is 21.4. The second-order valence-electron chi connectivity index (χ2n) is 10.0. The molecule has 7 N–H and O–H groups in total. The highest BCUT2D eigenvalue weighted by atomic mass is 16.5. The maximum absolute atomic E-state index is 12.8. The molecule has 0 aromatic heterocycles. The van der Waals surface area contributed by atoms with E-state index >= 15 is 0 Å². The number of carbonyl (C=O) groups is 3. The number of aliphatic hydroxyl groups is 2. The monoisotopic (exact) mass is 430 g/mol. The van der Waals surface area contributed by atoms with Gasteiger partial charge in [-0.3, -0.25) is 30.7 Å². The maximum Gasteiger partial charge on any atom is 0.267 e. The van der Waals surface area contributed by atoms with Crippen molar-refractivity contribution in [2.45, 2.75) is 91.6 Å². The number of ether oxygens (including phenoxy) is 1. The minimum Gasteiger partial charge on any atom is -0.390 e. The molecule has 3 amide bonds. The number of nitrogens with two attached hydrogens (primary N) is 1. The molecule has 1 aliphatic rings. The van der Waals surface area contributed by atoms with Crippen molar-refractivity contribution in [3.63, 3.8) is 0 Å². The highest BCUT2D eigenvalue weighted by Gasteiger charge is 2.54. The highest BCUT2D eigenvalue weighted by Crippen LogP contribution is 2.42. The third-order valence-electron chi connectivity index (χ3n) is 5.30. The Kier molecular flexibility index (Phi) is 9.22. The van der Waals surface area contributed by atoms with Crippen molar-refractivity contribution >= 4 is 17.7 Å². The third kappa shape index (κ3) is 7.19. The molecule has 1 fully saturated rings. The third-order valence-corrected chi connectivity index (χ3v) is 5.30. The van der Waals surface area contributed by atoms with Gasteiger partial charge in [0.1, 0.15) is 12.2 Å². The van der Waals surface area contributed by atoms with Crippen LogP contribution in [0.4, 0.5) is 0 Å². The first kappa shape index (κ1) is 26.3. The minimum absolute atomic E-state index is 0.123. The second kappa shape index (κ2) is 10.5. The molecular weight excluding hydrogens is 392 g/mol. The van der Waals surface area contributed by atoms with Gasteiger partial charge in [-0.1, -0.05) is 41.5 Å². The summed E-state index contributed by atoms with van der Waals surface area (Å²) in [7, 11) is 0. The van der Waals surface area contributed by atoms with E-state index in [0.29, 0.717) is 12.8 Å². The lowest BCUT2D eigenvalue weighted by Gasteiger charge is -2.50. The summed E-state index contributed by atoms with van der Waals surface area (Å²) in [6.07, 6.45) is -2.84. The molecule has 1 heterocycles. The zero-order valence-electron chi connectivity index (χ0n) is 18.8. The van der Waals surface area contributed by atoms with Crippen molar-refractivity contribution in [2.75, 3.05) is 0 Å².